The van der Waals surface area contributed by atoms with E-state index in [-0.39, 0.29) is 0 Å². The van der Waals surface area contributed by atoms with Crippen LogP contribution in [0.5, 0.6) is 0 Å². The Kier molecular flexibility index (Phi) is 11.2. The number of hydrogen-bond acceptors (Lipinski definition) is 3. The summed E-state index contributed by atoms with van der Waals surface area (Å²) in [6.45, 7) is 7.29. The third-order valence-corrected chi connectivity index (χ3v) is 3.96. The van der Waals surface area contributed by atoms with Gasteiger partial charge in [-0.1, -0.05) is 40.0 Å². The molecule has 0 bridgehead atoms. The summed E-state index contributed by atoms with van der Waals surface area (Å²) in [5.41, 5.74) is 0. The van der Waals surface area contributed by atoms with Crippen molar-refractivity contribution in [1.82, 2.24) is 0 Å². The van der Waals surface area contributed by atoms with Crippen molar-refractivity contribution >= 4 is 9.14 Å². The monoisotopic (exact) mass is 266 g/mol. The number of unbranched alkanes of at least 4 members (excludes halogenated alkanes) is 3. The van der Waals surface area contributed by atoms with E-state index in [1.54, 1.807) is 0 Å². The van der Waals surface area contributed by atoms with Crippen LogP contribution in [0.1, 0.15) is 59.3 Å². The Labute approximate surface area is 106 Å². The average molecular weight is 266 g/mol. The maximum absolute atomic E-state index is 14.2. The van der Waals surface area contributed by atoms with E-state index in [0.29, 0.717) is 19.8 Å². The topological polar surface area (TPSA) is 27.7 Å². The molecule has 0 amide bonds. The molecular weight excluding hydrogens is 239 g/mol. The van der Waals surface area contributed by atoms with Gasteiger partial charge in [-0.05, 0) is 19.3 Å². The van der Waals surface area contributed by atoms with Gasteiger partial charge in [0.1, 0.15) is 0 Å². The molecule has 17 heavy (non-hydrogen) atoms. The fourth-order valence-corrected chi connectivity index (χ4v) is 2.55. The molecule has 0 rings (SSSR count). The summed E-state index contributed by atoms with van der Waals surface area (Å²) in [7, 11) is -3.86. The minimum atomic E-state index is -3.86. The van der Waals surface area contributed by atoms with Crippen LogP contribution >= 0.6 is 0 Å². The van der Waals surface area contributed by atoms with Gasteiger partial charge in [-0.2, -0.15) is 0 Å². The predicted molar refractivity (Wildman–Crippen MR) is 69.4 cm³/mol. The molecule has 0 spiro atoms. The molecule has 0 aromatic heterocycles. The van der Waals surface area contributed by atoms with Crippen molar-refractivity contribution in [3.8, 4) is 0 Å². The van der Waals surface area contributed by atoms with E-state index < -0.39 is 9.14 Å². The first-order chi connectivity index (χ1) is 8.18. The molecule has 5 heteroatoms. The molecular formula is C12H27FO3Si. The van der Waals surface area contributed by atoms with E-state index in [1.807, 2.05) is 20.8 Å². The Bertz CT molecular complexity index is 143. The number of hydrogen-bond donors (Lipinski definition) is 0. The average Bonchev–Trinajstić information content (AvgIpc) is 2.30. The lowest BCUT2D eigenvalue weighted by molar-refractivity contribution is 0.0179. The van der Waals surface area contributed by atoms with Gasteiger partial charge in [0.2, 0.25) is 0 Å². The fourth-order valence-electron chi connectivity index (χ4n) is 1.14. The SMILES string of the molecule is CCCCO[Si](F)(OCCCC)OCCCC. The first-order valence-corrected chi connectivity index (χ1v) is 8.39. The zero-order valence-corrected chi connectivity index (χ0v) is 12.5. The van der Waals surface area contributed by atoms with Crippen molar-refractivity contribution in [1.29, 1.82) is 0 Å². The van der Waals surface area contributed by atoms with Crippen molar-refractivity contribution in [2.24, 2.45) is 0 Å². The highest BCUT2D eigenvalue weighted by molar-refractivity contribution is 6.52. The number of halogens is 1. The predicted octanol–water partition coefficient (Wildman–Crippen LogP) is 3.84. The van der Waals surface area contributed by atoms with Gasteiger partial charge in [-0.25, -0.2) is 4.11 Å². The van der Waals surface area contributed by atoms with Crippen molar-refractivity contribution in [2.45, 2.75) is 59.3 Å². The zero-order chi connectivity index (χ0) is 13.0. The van der Waals surface area contributed by atoms with Crippen molar-refractivity contribution < 1.29 is 17.4 Å². The van der Waals surface area contributed by atoms with E-state index in [2.05, 4.69) is 0 Å². The Morgan fingerprint density at radius 3 is 1.24 bits per heavy atom. The van der Waals surface area contributed by atoms with Crippen LogP contribution in [0.25, 0.3) is 0 Å². The molecule has 0 saturated carbocycles. The molecule has 0 aromatic carbocycles. The van der Waals surface area contributed by atoms with Crippen molar-refractivity contribution in [2.75, 3.05) is 19.8 Å². The minimum absolute atomic E-state index is 0.386. The van der Waals surface area contributed by atoms with E-state index in [4.69, 9.17) is 13.3 Å². The molecule has 0 saturated heterocycles. The van der Waals surface area contributed by atoms with Gasteiger partial charge in [0, 0.05) is 19.8 Å². The quantitative estimate of drug-likeness (QED) is 0.305. The second kappa shape index (κ2) is 11.1. The van der Waals surface area contributed by atoms with Crippen LogP contribution in [-0.4, -0.2) is 29.0 Å². The normalized spacial score (nSPS) is 12.0. The maximum atomic E-state index is 14.2. The lowest BCUT2D eigenvalue weighted by Crippen LogP contribution is -2.42. The molecule has 0 aliphatic carbocycles. The highest BCUT2D eigenvalue weighted by atomic mass is 28.4. The highest BCUT2D eigenvalue weighted by Gasteiger charge is 2.44. The summed E-state index contributed by atoms with van der Waals surface area (Å²) in [4.78, 5) is 0. The van der Waals surface area contributed by atoms with E-state index in [9.17, 15) is 4.11 Å². The summed E-state index contributed by atoms with van der Waals surface area (Å²) < 4.78 is 29.8. The summed E-state index contributed by atoms with van der Waals surface area (Å²) in [6, 6.07) is 0. The molecule has 0 atom stereocenters. The zero-order valence-electron chi connectivity index (χ0n) is 11.5. The van der Waals surface area contributed by atoms with E-state index in [0.717, 1.165) is 38.5 Å². The van der Waals surface area contributed by atoms with Crippen molar-refractivity contribution in [3.63, 3.8) is 0 Å². The smallest absolute Gasteiger partial charge is 0.348 e. The standard InChI is InChI=1S/C12H27FO3Si/c1-4-7-10-14-17(13,15-11-8-5-2)16-12-9-6-3/h4-12H2,1-3H3. The molecule has 3 nitrogen and oxygen atoms in total. The van der Waals surface area contributed by atoms with Gasteiger partial charge in [0.05, 0.1) is 0 Å². The van der Waals surface area contributed by atoms with E-state index in [1.165, 1.54) is 0 Å². The molecule has 0 aliphatic rings. The Balaban J connectivity index is 3.95. The molecule has 0 fully saturated rings. The van der Waals surface area contributed by atoms with Gasteiger partial charge in [-0.15, -0.1) is 0 Å². The molecule has 0 unspecified atom stereocenters. The summed E-state index contributed by atoms with van der Waals surface area (Å²) >= 11 is 0. The lowest BCUT2D eigenvalue weighted by atomic mass is 10.4. The Morgan fingerprint density at radius 2 is 1.00 bits per heavy atom. The third-order valence-electron chi connectivity index (χ3n) is 2.32. The van der Waals surface area contributed by atoms with Crippen LogP contribution in [0.15, 0.2) is 0 Å². The third kappa shape index (κ3) is 9.70. The van der Waals surface area contributed by atoms with Gasteiger partial charge >= 0.3 is 9.14 Å². The molecule has 0 heterocycles. The Hall–Kier alpha value is 0.0269. The summed E-state index contributed by atoms with van der Waals surface area (Å²) in [5, 5.41) is 0. The second-order valence-electron chi connectivity index (χ2n) is 4.09. The Morgan fingerprint density at radius 1 is 0.706 bits per heavy atom. The van der Waals surface area contributed by atoms with E-state index >= 15 is 0 Å². The fraction of sp³-hybridized carbons (Fsp3) is 1.00. The second-order valence-corrected chi connectivity index (χ2v) is 5.92. The highest BCUT2D eigenvalue weighted by Crippen LogP contribution is 2.14. The van der Waals surface area contributed by atoms with Crippen LogP contribution in [0.4, 0.5) is 4.11 Å². The van der Waals surface area contributed by atoms with Crippen LogP contribution in [-0.2, 0) is 13.3 Å². The van der Waals surface area contributed by atoms with Crippen molar-refractivity contribution in [3.05, 3.63) is 0 Å². The summed E-state index contributed by atoms with van der Waals surface area (Å²) in [6.07, 6.45) is 5.46. The molecule has 104 valence electrons. The van der Waals surface area contributed by atoms with Crippen LogP contribution < -0.4 is 0 Å². The molecule has 0 N–H and O–H groups in total. The molecule has 0 aliphatic heterocycles. The maximum Gasteiger partial charge on any atom is 0.720 e. The lowest BCUT2D eigenvalue weighted by Gasteiger charge is -2.20. The van der Waals surface area contributed by atoms with Gasteiger partial charge in [0.25, 0.3) is 0 Å². The van der Waals surface area contributed by atoms with Crippen LogP contribution in [0, 0.1) is 0 Å². The van der Waals surface area contributed by atoms with Gasteiger partial charge in [-0.3, -0.25) is 0 Å². The first-order valence-electron chi connectivity index (χ1n) is 6.79. The first kappa shape index (κ1) is 17.0. The van der Waals surface area contributed by atoms with Gasteiger partial charge < -0.3 is 13.3 Å². The van der Waals surface area contributed by atoms with Gasteiger partial charge in [0.15, 0.2) is 0 Å². The number of rotatable bonds is 12. The molecule has 0 aromatic rings. The minimum Gasteiger partial charge on any atom is -0.348 e. The van der Waals surface area contributed by atoms with Crippen LogP contribution in [0.2, 0.25) is 0 Å². The van der Waals surface area contributed by atoms with Crippen LogP contribution in [0.3, 0.4) is 0 Å². The molecule has 0 radical (unpaired) electrons. The summed E-state index contributed by atoms with van der Waals surface area (Å²) in [5.74, 6) is 0. The largest absolute Gasteiger partial charge is 0.720 e.